The van der Waals surface area contributed by atoms with Crippen molar-refractivity contribution in [2.75, 3.05) is 24.4 Å². The van der Waals surface area contributed by atoms with Crippen molar-refractivity contribution in [3.05, 3.63) is 68.1 Å². The summed E-state index contributed by atoms with van der Waals surface area (Å²) >= 11 is 24.5. The van der Waals surface area contributed by atoms with E-state index in [1.165, 1.54) is 31.9 Å². The zero-order valence-electron chi connectivity index (χ0n) is 17.5. The number of carbonyl (C=O) groups excluding carboxylic acids is 2. The van der Waals surface area contributed by atoms with E-state index in [0.29, 0.717) is 17.1 Å². The minimum atomic E-state index is -0.481. The fraction of sp³-hybridized carbons (Fsp3) is 0.182. The summed E-state index contributed by atoms with van der Waals surface area (Å²) in [5.41, 5.74) is 1.30. The van der Waals surface area contributed by atoms with Crippen LogP contribution in [0.5, 0.6) is 11.5 Å². The molecule has 0 saturated heterocycles. The Morgan fingerprint density at radius 1 is 0.971 bits per heavy atom. The van der Waals surface area contributed by atoms with Crippen LogP contribution in [0, 0.1) is 0 Å². The minimum Gasteiger partial charge on any atom is -0.493 e. The lowest BCUT2D eigenvalue weighted by molar-refractivity contribution is -0.116. The molecular weight excluding hydrogens is 526 g/mol. The molecule has 2 N–H and O–H groups in total. The van der Waals surface area contributed by atoms with Crippen LogP contribution >= 0.6 is 46.4 Å². The lowest BCUT2D eigenvalue weighted by Gasteiger charge is -2.16. The zero-order chi connectivity index (χ0) is 24.4. The van der Waals surface area contributed by atoms with Gasteiger partial charge in [-0.05, 0) is 12.1 Å². The summed E-state index contributed by atoms with van der Waals surface area (Å²) in [6.07, 6.45) is 5.48. The van der Waals surface area contributed by atoms with E-state index >= 15 is 0 Å². The molecule has 0 spiro atoms. The molecule has 2 aromatic heterocycles. The van der Waals surface area contributed by atoms with Crippen molar-refractivity contribution in [3.8, 4) is 11.5 Å². The molecule has 34 heavy (non-hydrogen) atoms. The average Bonchev–Trinajstić information content (AvgIpc) is 3.22. The topological polar surface area (TPSA) is 102 Å². The molecule has 4 rings (SSSR count). The van der Waals surface area contributed by atoms with Crippen molar-refractivity contribution in [3.63, 3.8) is 0 Å². The first-order valence-electron chi connectivity index (χ1n) is 9.83. The zero-order valence-corrected chi connectivity index (χ0v) is 20.5. The van der Waals surface area contributed by atoms with Gasteiger partial charge in [0.05, 0.1) is 45.2 Å². The van der Waals surface area contributed by atoms with Gasteiger partial charge in [0.15, 0.2) is 11.5 Å². The number of benzene rings is 1. The van der Waals surface area contributed by atoms with Crippen molar-refractivity contribution >= 4 is 69.6 Å². The third-order valence-corrected chi connectivity index (χ3v) is 6.25. The first kappa shape index (κ1) is 24.3. The van der Waals surface area contributed by atoms with Gasteiger partial charge in [-0.3, -0.25) is 19.6 Å². The molecule has 1 aliphatic heterocycles. The number of amides is 2. The highest BCUT2D eigenvalue weighted by Crippen LogP contribution is 2.45. The minimum absolute atomic E-state index is 0.00774. The summed E-state index contributed by atoms with van der Waals surface area (Å²) < 4.78 is 11.2. The Morgan fingerprint density at radius 2 is 1.53 bits per heavy atom. The van der Waals surface area contributed by atoms with Crippen molar-refractivity contribution in [2.24, 2.45) is 0 Å². The van der Waals surface area contributed by atoms with Gasteiger partial charge in [-0.25, -0.2) is 0 Å². The average molecular weight is 542 g/mol. The molecular formula is C22H16Cl4N4O4. The Bertz CT molecular complexity index is 1250. The summed E-state index contributed by atoms with van der Waals surface area (Å²) in [5, 5.41) is 6.18. The smallest absolute Gasteiger partial charge is 0.256 e. The molecule has 0 bridgehead atoms. The van der Waals surface area contributed by atoms with Crippen molar-refractivity contribution in [1.29, 1.82) is 0 Å². The molecule has 8 nitrogen and oxygen atoms in total. The van der Waals surface area contributed by atoms with Gasteiger partial charge in [-0.1, -0.05) is 46.4 Å². The number of rotatable bonds is 6. The maximum absolute atomic E-state index is 13.2. The second-order valence-electron chi connectivity index (χ2n) is 7.23. The van der Waals surface area contributed by atoms with Crippen LogP contribution < -0.4 is 20.1 Å². The highest BCUT2D eigenvalue weighted by Gasteiger charge is 2.34. The molecule has 3 heterocycles. The summed E-state index contributed by atoms with van der Waals surface area (Å²) in [7, 11) is 1.49. The number of nitrogens with one attached hydrogen (secondary N) is 2. The molecule has 2 amide bonds. The van der Waals surface area contributed by atoms with Gasteiger partial charge in [-0.2, -0.15) is 0 Å². The van der Waals surface area contributed by atoms with Crippen LogP contribution in [0.2, 0.25) is 20.1 Å². The summed E-state index contributed by atoms with van der Waals surface area (Å²) in [4.78, 5) is 33.8. The number of halogens is 4. The predicted molar refractivity (Wildman–Crippen MR) is 131 cm³/mol. The van der Waals surface area contributed by atoms with E-state index < -0.39 is 11.8 Å². The molecule has 1 unspecified atom stereocenters. The fourth-order valence-corrected chi connectivity index (χ4v) is 4.50. The summed E-state index contributed by atoms with van der Waals surface area (Å²) in [6, 6.07) is 3.20. The van der Waals surface area contributed by atoms with Gasteiger partial charge in [0, 0.05) is 48.3 Å². The SMILES string of the molecule is COc1ccc(C(=O)Nc2c(Cl)cncc2Cl)c2c1OCC2CC(=O)Nc1c(Cl)cncc1Cl. The van der Waals surface area contributed by atoms with Gasteiger partial charge in [-0.15, -0.1) is 0 Å². The lowest BCUT2D eigenvalue weighted by Crippen LogP contribution is -2.20. The van der Waals surface area contributed by atoms with E-state index in [-0.39, 0.29) is 56.0 Å². The van der Waals surface area contributed by atoms with Crippen molar-refractivity contribution < 1.29 is 19.1 Å². The van der Waals surface area contributed by atoms with Crippen LogP contribution in [0.15, 0.2) is 36.9 Å². The number of hydrogen-bond acceptors (Lipinski definition) is 6. The number of anilines is 2. The quantitative estimate of drug-likeness (QED) is 0.405. The summed E-state index contributed by atoms with van der Waals surface area (Å²) in [6.45, 7) is 0.165. The number of fused-ring (bicyclic) bond motifs is 1. The first-order valence-corrected chi connectivity index (χ1v) is 11.3. The Balaban J connectivity index is 1.63. The predicted octanol–water partition coefficient (Wildman–Crippen LogP) is 5.86. The van der Waals surface area contributed by atoms with E-state index in [1.54, 1.807) is 12.1 Å². The first-order chi connectivity index (χ1) is 16.3. The van der Waals surface area contributed by atoms with Crippen molar-refractivity contribution in [1.82, 2.24) is 9.97 Å². The monoisotopic (exact) mass is 540 g/mol. The molecule has 0 aliphatic carbocycles. The molecule has 176 valence electrons. The molecule has 0 saturated carbocycles. The number of nitrogens with zero attached hydrogens (tertiary/aromatic N) is 2. The largest absolute Gasteiger partial charge is 0.493 e. The molecule has 1 aromatic carbocycles. The number of methoxy groups -OCH3 is 1. The Kier molecular flexibility index (Phi) is 7.33. The molecule has 1 aliphatic rings. The normalized spacial score (nSPS) is 14.2. The van der Waals surface area contributed by atoms with Gasteiger partial charge in [0.25, 0.3) is 5.91 Å². The number of ether oxygens (including phenoxy) is 2. The third kappa shape index (κ3) is 4.86. The molecule has 1 atom stereocenters. The number of aromatic nitrogens is 2. The Morgan fingerprint density at radius 3 is 2.09 bits per heavy atom. The maximum Gasteiger partial charge on any atom is 0.256 e. The van der Waals surface area contributed by atoms with Gasteiger partial charge >= 0.3 is 0 Å². The van der Waals surface area contributed by atoms with Crippen LogP contribution in [0.3, 0.4) is 0 Å². The number of pyridine rings is 2. The van der Waals surface area contributed by atoms with Crippen LogP contribution in [0.4, 0.5) is 11.4 Å². The highest BCUT2D eigenvalue weighted by atomic mass is 35.5. The van der Waals surface area contributed by atoms with Crippen LogP contribution in [-0.4, -0.2) is 35.5 Å². The maximum atomic E-state index is 13.2. The van der Waals surface area contributed by atoms with E-state index in [2.05, 4.69) is 20.6 Å². The third-order valence-electron chi connectivity index (χ3n) is 5.10. The van der Waals surface area contributed by atoms with Crippen LogP contribution in [-0.2, 0) is 4.79 Å². The van der Waals surface area contributed by atoms with Gasteiger partial charge < -0.3 is 20.1 Å². The number of carbonyl (C=O) groups is 2. The molecule has 0 radical (unpaired) electrons. The fourth-order valence-electron chi connectivity index (χ4n) is 3.58. The van der Waals surface area contributed by atoms with Crippen molar-refractivity contribution in [2.45, 2.75) is 12.3 Å². The van der Waals surface area contributed by atoms with Crippen LogP contribution in [0.1, 0.15) is 28.3 Å². The van der Waals surface area contributed by atoms with Gasteiger partial charge in [0.1, 0.15) is 0 Å². The second-order valence-corrected chi connectivity index (χ2v) is 8.86. The number of hydrogen-bond donors (Lipinski definition) is 2. The van der Waals surface area contributed by atoms with E-state index in [1.807, 2.05) is 0 Å². The standard InChI is InChI=1S/C22H16Cl4N4O4/c1-33-16-3-2-11(22(32)30-20-14(25)7-28-8-15(20)26)18-10(9-34-21(16)18)4-17(31)29-19-12(23)5-27-6-13(19)24/h2-3,5-8,10H,4,9H2,1H3,(H,27,29,31)(H,28,30,32). The molecule has 12 heteroatoms. The molecule has 0 fully saturated rings. The van der Waals surface area contributed by atoms with E-state index in [4.69, 9.17) is 55.9 Å². The van der Waals surface area contributed by atoms with E-state index in [0.717, 1.165) is 0 Å². The van der Waals surface area contributed by atoms with Gasteiger partial charge in [0.2, 0.25) is 5.91 Å². The Labute approximate surface area is 214 Å². The molecule has 3 aromatic rings. The van der Waals surface area contributed by atoms with Crippen LogP contribution in [0.25, 0.3) is 0 Å². The Hall–Kier alpha value is -2.78. The second kappa shape index (κ2) is 10.2. The lowest BCUT2D eigenvalue weighted by atomic mass is 9.92. The summed E-state index contributed by atoms with van der Waals surface area (Å²) in [5.74, 6) is -0.473. The van der Waals surface area contributed by atoms with E-state index in [9.17, 15) is 9.59 Å². The highest BCUT2D eigenvalue weighted by molar-refractivity contribution is 6.40.